The van der Waals surface area contributed by atoms with Gasteiger partial charge in [-0.25, -0.2) is 13.8 Å². The summed E-state index contributed by atoms with van der Waals surface area (Å²) in [6, 6.07) is 9.26. The van der Waals surface area contributed by atoms with Gasteiger partial charge in [0, 0.05) is 61.8 Å². The second-order valence-electron chi connectivity index (χ2n) is 13.9. The first kappa shape index (κ1) is 28.0. The molecule has 5 atom stereocenters. The fourth-order valence-electron chi connectivity index (χ4n) is 9.30. The van der Waals surface area contributed by atoms with Crippen LogP contribution in [0.3, 0.4) is 0 Å². The van der Waals surface area contributed by atoms with Crippen molar-refractivity contribution in [3.8, 4) is 5.88 Å². The number of amides is 1. The number of anilines is 3. The van der Waals surface area contributed by atoms with Crippen molar-refractivity contribution < 1.29 is 18.3 Å². The molecule has 0 radical (unpaired) electrons. The molecule has 2 aromatic carbocycles. The minimum atomic E-state index is -0.855. The summed E-state index contributed by atoms with van der Waals surface area (Å²) in [5.74, 6) is 0.0604. The van der Waals surface area contributed by atoms with Crippen molar-refractivity contribution >= 4 is 45.3 Å². The number of fused-ring (bicyclic) bond motifs is 10. The van der Waals surface area contributed by atoms with Crippen molar-refractivity contribution in [2.24, 2.45) is 0 Å². The van der Waals surface area contributed by atoms with Crippen molar-refractivity contribution in [3.05, 3.63) is 52.4 Å². The van der Waals surface area contributed by atoms with Crippen LogP contribution in [0.5, 0.6) is 5.88 Å². The van der Waals surface area contributed by atoms with Gasteiger partial charge in [-0.3, -0.25) is 9.69 Å². The van der Waals surface area contributed by atoms with Crippen LogP contribution in [0.2, 0.25) is 5.02 Å². The van der Waals surface area contributed by atoms with Crippen LogP contribution < -0.4 is 24.8 Å². The van der Waals surface area contributed by atoms with E-state index in [2.05, 4.69) is 20.0 Å². The van der Waals surface area contributed by atoms with Gasteiger partial charge in [-0.2, -0.15) is 0 Å². The number of hydrogen-bond donors (Lipinski definition) is 1. The summed E-state index contributed by atoms with van der Waals surface area (Å²) < 4.78 is 36.0. The van der Waals surface area contributed by atoms with Gasteiger partial charge in [0.2, 0.25) is 5.88 Å². The molecule has 6 aliphatic heterocycles. The number of hydrogen-bond acceptors (Lipinski definition) is 7. The van der Waals surface area contributed by atoms with Crippen LogP contribution in [0.25, 0.3) is 10.8 Å². The highest BCUT2D eigenvalue weighted by molar-refractivity contribution is 6.36. The molecular weight excluding hydrogens is 598 g/mol. The number of pyridine rings is 1. The second kappa shape index (κ2) is 10.1. The van der Waals surface area contributed by atoms with E-state index < -0.39 is 12.0 Å². The fraction of sp³-hybridized carbons (Fsp3) is 0.529. The molecule has 0 saturated carbocycles. The summed E-state index contributed by atoms with van der Waals surface area (Å²) >= 11 is 6.55. The van der Waals surface area contributed by atoms with Crippen LogP contribution in [0, 0.1) is 5.82 Å². The highest BCUT2D eigenvalue weighted by atomic mass is 35.5. The van der Waals surface area contributed by atoms with Gasteiger partial charge in [0.1, 0.15) is 30.3 Å². The van der Waals surface area contributed by atoms with Crippen LogP contribution >= 0.6 is 11.6 Å². The quantitative estimate of drug-likeness (QED) is 0.441. The number of carbonyl (C=O) groups excluding carboxylic acids is 1. The first-order valence-electron chi connectivity index (χ1n) is 16.3. The molecule has 1 amide bonds. The second-order valence-corrected chi connectivity index (χ2v) is 14.2. The summed E-state index contributed by atoms with van der Waals surface area (Å²) in [5.41, 5.74) is 4.35. The van der Waals surface area contributed by atoms with Gasteiger partial charge in [0.25, 0.3) is 5.91 Å². The zero-order valence-corrected chi connectivity index (χ0v) is 26.1. The van der Waals surface area contributed by atoms with Crippen LogP contribution in [0.1, 0.15) is 43.4 Å². The number of piperazine rings is 1. The van der Waals surface area contributed by atoms with Crippen LogP contribution in [0.15, 0.2) is 30.3 Å². The summed E-state index contributed by atoms with van der Waals surface area (Å²) in [6.07, 6.45) is 4.27. The first-order chi connectivity index (χ1) is 21.8. The average Bonchev–Trinajstić information content (AvgIpc) is 3.70. The van der Waals surface area contributed by atoms with E-state index in [1.165, 1.54) is 6.07 Å². The molecule has 0 spiro atoms. The fourth-order valence-corrected chi connectivity index (χ4v) is 9.57. The lowest BCUT2D eigenvalue weighted by Crippen LogP contribution is -2.66. The van der Waals surface area contributed by atoms with Crippen molar-refractivity contribution in [1.82, 2.24) is 15.2 Å². The largest absolute Gasteiger partial charge is 0.474 e. The Morgan fingerprint density at radius 3 is 2.93 bits per heavy atom. The third-order valence-electron chi connectivity index (χ3n) is 11.4. The molecule has 4 saturated heterocycles. The third-order valence-corrected chi connectivity index (χ3v) is 11.7. The molecule has 6 aliphatic rings. The molecule has 7 heterocycles. The molecule has 1 N–H and O–H groups in total. The Bertz CT molecular complexity index is 1740. The molecule has 4 fully saturated rings. The van der Waals surface area contributed by atoms with E-state index in [0.29, 0.717) is 56.4 Å². The Balaban J connectivity index is 1.16. The number of rotatable bonds is 4. The molecule has 45 heavy (non-hydrogen) atoms. The maximum atomic E-state index is 14.7. The monoisotopic (exact) mass is 634 g/mol. The highest BCUT2D eigenvalue weighted by Crippen LogP contribution is 2.50. The van der Waals surface area contributed by atoms with E-state index in [1.807, 2.05) is 25.2 Å². The third kappa shape index (κ3) is 4.14. The standard InChI is InChI=1S/C34H37ClF2N6O2/c1-40-31-29(43-16-21-7-9-24(38-21)30(43)33(40)44)22-10-13-41(26-5-2-4-19-6-8-23(37)28(35)27(19)26)17-25(22)39-32(31)45-18-34-11-3-12-42(34)15-20(36)14-34/h2,4-6,8,20-21,24,30,38H,3,7,9-18H2,1H3/t20-,21-,24+,30?,34+/m1/s1. The lowest BCUT2D eigenvalue weighted by Gasteiger charge is -2.49. The number of aromatic nitrogens is 1. The number of carbonyl (C=O) groups is 1. The Morgan fingerprint density at radius 2 is 2.04 bits per heavy atom. The maximum absolute atomic E-state index is 14.7. The predicted molar refractivity (Wildman–Crippen MR) is 171 cm³/mol. The molecule has 236 valence electrons. The SMILES string of the molecule is CN1C(=O)C2[C@@H]3CC[C@H](CN2c2c4c(nc(OC[C@@]56CCCN5C[C@H](F)C6)c21)CN(c1cccc2ccc(F)c(Cl)c12)CC4)N3. The van der Waals surface area contributed by atoms with Gasteiger partial charge in [0.15, 0.2) is 0 Å². The molecule has 0 aliphatic carbocycles. The predicted octanol–water partition coefficient (Wildman–Crippen LogP) is 4.83. The van der Waals surface area contributed by atoms with Crippen molar-refractivity contribution in [1.29, 1.82) is 0 Å². The van der Waals surface area contributed by atoms with Gasteiger partial charge in [-0.1, -0.05) is 29.8 Å². The Hall–Kier alpha value is -3.21. The van der Waals surface area contributed by atoms with Crippen LogP contribution in [-0.2, 0) is 17.8 Å². The topological polar surface area (TPSA) is 64.2 Å². The summed E-state index contributed by atoms with van der Waals surface area (Å²) in [5, 5.41) is 5.39. The molecule has 9 rings (SSSR count). The minimum absolute atomic E-state index is 0.0576. The van der Waals surface area contributed by atoms with E-state index in [-0.39, 0.29) is 28.6 Å². The zero-order chi connectivity index (χ0) is 30.6. The molecular formula is C34H37ClF2N6O2. The first-order valence-corrected chi connectivity index (χ1v) is 16.7. The number of benzene rings is 2. The Labute approximate surface area is 266 Å². The highest BCUT2D eigenvalue weighted by Gasteiger charge is 2.52. The zero-order valence-electron chi connectivity index (χ0n) is 25.4. The molecule has 11 heteroatoms. The number of ether oxygens (including phenoxy) is 1. The smallest absolute Gasteiger partial charge is 0.251 e. The normalized spacial score (nSPS) is 30.5. The lowest BCUT2D eigenvalue weighted by molar-refractivity contribution is -0.120. The van der Waals surface area contributed by atoms with E-state index in [0.717, 1.165) is 72.5 Å². The summed E-state index contributed by atoms with van der Waals surface area (Å²) in [7, 11) is 1.84. The Morgan fingerprint density at radius 1 is 1.16 bits per heavy atom. The number of likely N-dealkylation sites (N-methyl/N-ethyl adjacent to an activating group) is 1. The lowest BCUT2D eigenvalue weighted by atomic mass is 9.92. The van der Waals surface area contributed by atoms with Gasteiger partial charge < -0.3 is 24.8 Å². The van der Waals surface area contributed by atoms with Gasteiger partial charge in [0.05, 0.1) is 28.5 Å². The maximum Gasteiger partial charge on any atom is 0.251 e. The minimum Gasteiger partial charge on any atom is -0.474 e. The van der Waals surface area contributed by atoms with Crippen LogP contribution in [-0.4, -0.2) is 85.5 Å². The molecule has 1 aromatic heterocycles. The van der Waals surface area contributed by atoms with E-state index in [1.54, 1.807) is 11.0 Å². The number of nitrogens with zero attached hydrogens (tertiary/aromatic N) is 5. The van der Waals surface area contributed by atoms with Crippen LogP contribution in [0.4, 0.5) is 25.8 Å². The Kier molecular flexibility index (Phi) is 6.32. The van der Waals surface area contributed by atoms with Gasteiger partial charge in [-0.05, 0) is 56.2 Å². The van der Waals surface area contributed by atoms with Crippen molar-refractivity contribution in [3.63, 3.8) is 0 Å². The van der Waals surface area contributed by atoms with Crippen molar-refractivity contribution in [2.45, 2.75) is 74.9 Å². The summed E-state index contributed by atoms with van der Waals surface area (Å²) in [4.78, 5) is 27.7. The molecule has 2 bridgehead atoms. The van der Waals surface area contributed by atoms with Gasteiger partial charge in [-0.15, -0.1) is 0 Å². The van der Waals surface area contributed by atoms with E-state index in [9.17, 15) is 13.6 Å². The molecule has 8 nitrogen and oxygen atoms in total. The average molecular weight is 635 g/mol. The summed E-state index contributed by atoms with van der Waals surface area (Å²) in [6.45, 7) is 3.62. The number of alkyl halides is 1. The molecule has 3 aromatic rings. The van der Waals surface area contributed by atoms with Crippen molar-refractivity contribution in [2.75, 3.05) is 54.5 Å². The number of nitrogens with one attached hydrogen (secondary N) is 1. The number of halogens is 3. The van der Waals surface area contributed by atoms with E-state index in [4.69, 9.17) is 21.3 Å². The van der Waals surface area contributed by atoms with E-state index >= 15 is 0 Å². The van der Waals surface area contributed by atoms with Gasteiger partial charge >= 0.3 is 0 Å². The molecule has 1 unspecified atom stereocenters.